The maximum Gasteiger partial charge on any atom is 0.294 e. The van der Waals surface area contributed by atoms with Crippen LogP contribution in [0.5, 0.6) is 11.5 Å². The molecular formula is C30H26ClN3O5S. The Morgan fingerprint density at radius 2 is 1.88 bits per heavy atom. The molecule has 0 aromatic heterocycles. The molecule has 1 N–H and O–H groups in total. The molecule has 8 nitrogen and oxygen atoms in total. The fourth-order valence-electron chi connectivity index (χ4n) is 3.95. The van der Waals surface area contributed by atoms with Crippen LogP contribution in [0.4, 0.5) is 10.5 Å². The summed E-state index contributed by atoms with van der Waals surface area (Å²) >= 11 is 7.22. The molecule has 204 valence electrons. The van der Waals surface area contributed by atoms with Crippen LogP contribution in [0.25, 0.3) is 6.08 Å². The largest absolute Gasteiger partial charge is 0.493 e. The summed E-state index contributed by atoms with van der Waals surface area (Å²) in [4.78, 5) is 39.1. The Bertz CT molecular complexity index is 1530. The van der Waals surface area contributed by atoms with Gasteiger partial charge in [-0.1, -0.05) is 55.8 Å². The highest BCUT2D eigenvalue weighted by molar-refractivity contribution is 8.18. The molecule has 0 radical (unpaired) electrons. The molecular weight excluding hydrogens is 550 g/mol. The highest BCUT2D eigenvalue weighted by Crippen LogP contribution is 2.39. The Labute approximate surface area is 241 Å². The summed E-state index contributed by atoms with van der Waals surface area (Å²) in [7, 11) is 1.45. The maximum atomic E-state index is 13.0. The van der Waals surface area contributed by atoms with E-state index in [1.54, 1.807) is 42.5 Å². The van der Waals surface area contributed by atoms with E-state index >= 15 is 0 Å². The minimum Gasteiger partial charge on any atom is -0.493 e. The van der Waals surface area contributed by atoms with Gasteiger partial charge in [-0.3, -0.25) is 19.3 Å². The number of rotatable bonds is 9. The number of nitrogens with zero attached hydrogens (tertiary/aromatic N) is 2. The maximum absolute atomic E-state index is 13.0. The van der Waals surface area contributed by atoms with Gasteiger partial charge in [-0.2, -0.15) is 5.26 Å². The lowest BCUT2D eigenvalue weighted by Gasteiger charge is -2.14. The van der Waals surface area contributed by atoms with Crippen molar-refractivity contribution >= 4 is 52.2 Å². The first kappa shape index (κ1) is 28.7. The highest BCUT2D eigenvalue weighted by atomic mass is 35.5. The van der Waals surface area contributed by atoms with Crippen LogP contribution in [0.3, 0.4) is 0 Å². The van der Waals surface area contributed by atoms with Crippen molar-refractivity contribution in [1.29, 1.82) is 5.26 Å². The molecule has 3 aromatic carbocycles. The van der Waals surface area contributed by atoms with Gasteiger partial charge in [0.15, 0.2) is 11.5 Å². The predicted molar refractivity (Wildman–Crippen MR) is 155 cm³/mol. The van der Waals surface area contributed by atoms with E-state index in [1.807, 2.05) is 18.2 Å². The number of amides is 3. The van der Waals surface area contributed by atoms with Gasteiger partial charge in [-0.15, -0.1) is 0 Å². The summed E-state index contributed by atoms with van der Waals surface area (Å²) in [5, 5.41) is 11.7. The first-order chi connectivity index (χ1) is 19.2. The van der Waals surface area contributed by atoms with Crippen LogP contribution < -0.4 is 14.8 Å². The summed E-state index contributed by atoms with van der Waals surface area (Å²) in [6.07, 6.45) is 1.51. The number of imide groups is 1. The van der Waals surface area contributed by atoms with Crippen LogP contribution in [0.2, 0.25) is 5.02 Å². The molecule has 3 amide bonds. The third-order valence-corrected chi connectivity index (χ3v) is 7.28. The van der Waals surface area contributed by atoms with Gasteiger partial charge in [-0.25, -0.2) is 0 Å². The molecule has 4 rings (SSSR count). The number of carbonyl (C=O) groups excluding carboxylic acids is 3. The second-order valence-electron chi connectivity index (χ2n) is 9.18. The molecule has 1 aliphatic rings. The van der Waals surface area contributed by atoms with Gasteiger partial charge < -0.3 is 14.8 Å². The smallest absolute Gasteiger partial charge is 0.294 e. The van der Waals surface area contributed by atoms with Gasteiger partial charge in [0.2, 0.25) is 5.91 Å². The van der Waals surface area contributed by atoms with Crippen LogP contribution in [0, 0.1) is 11.3 Å². The molecule has 0 unspecified atom stereocenters. The minimum atomic E-state index is -0.580. The zero-order valence-corrected chi connectivity index (χ0v) is 23.6. The average molecular weight is 576 g/mol. The predicted octanol–water partition coefficient (Wildman–Crippen LogP) is 6.60. The topological polar surface area (TPSA) is 109 Å². The molecule has 0 spiro atoms. The number of ether oxygens (including phenoxy) is 2. The average Bonchev–Trinajstić information content (AvgIpc) is 3.19. The molecule has 0 bridgehead atoms. The van der Waals surface area contributed by atoms with Crippen LogP contribution in [0.1, 0.15) is 42.0 Å². The number of methoxy groups -OCH3 is 1. The van der Waals surface area contributed by atoms with Gasteiger partial charge in [0.05, 0.1) is 28.7 Å². The second kappa shape index (κ2) is 12.7. The molecule has 1 heterocycles. The number of halogens is 1. The lowest BCUT2D eigenvalue weighted by molar-refractivity contribution is -0.127. The zero-order valence-electron chi connectivity index (χ0n) is 22.1. The van der Waals surface area contributed by atoms with Gasteiger partial charge in [0.1, 0.15) is 13.2 Å². The summed E-state index contributed by atoms with van der Waals surface area (Å²) in [5.41, 5.74) is 3.40. The molecule has 1 aliphatic heterocycles. The quantitative estimate of drug-likeness (QED) is 0.286. The molecule has 3 aromatic rings. The molecule has 1 saturated heterocycles. The van der Waals surface area contributed by atoms with Crippen LogP contribution in [-0.4, -0.2) is 35.6 Å². The third kappa shape index (κ3) is 6.65. The van der Waals surface area contributed by atoms with Crippen molar-refractivity contribution in [1.82, 2.24) is 4.90 Å². The van der Waals surface area contributed by atoms with Crippen molar-refractivity contribution in [2.45, 2.75) is 26.4 Å². The van der Waals surface area contributed by atoms with Crippen LogP contribution in [-0.2, 0) is 16.2 Å². The van der Waals surface area contributed by atoms with E-state index in [2.05, 4.69) is 25.2 Å². The van der Waals surface area contributed by atoms with Crippen molar-refractivity contribution in [3.05, 3.63) is 92.8 Å². The fraction of sp³-hybridized carbons (Fsp3) is 0.200. The third-order valence-electron chi connectivity index (χ3n) is 6.10. The lowest BCUT2D eigenvalue weighted by Crippen LogP contribution is -2.36. The first-order valence-corrected chi connectivity index (χ1v) is 13.5. The monoisotopic (exact) mass is 575 g/mol. The van der Waals surface area contributed by atoms with E-state index in [4.69, 9.17) is 21.1 Å². The van der Waals surface area contributed by atoms with Crippen molar-refractivity contribution in [2.24, 2.45) is 0 Å². The number of hydrogen-bond donors (Lipinski definition) is 1. The number of thioether (sulfide) groups is 1. The number of hydrogen-bond acceptors (Lipinski definition) is 7. The standard InChI is InChI=1S/C30H26ClN3O5S/c1-18(2)20-8-10-23(11-9-20)33-27(35)16-34-29(36)26(40-30(34)37)14-19-12-24(31)28(25(13-19)38-3)39-17-22-7-5-4-6-21(22)15-32/h4-14,18H,16-17H2,1-3H3,(H,33,35)/b26-14-. The molecule has 0 atom stereocenters. The molecule has 0 aliphatic carbocycles. The number of carbonyl (C=O) groups is 3. The highest BCUT2D eigenvalue weighted by Gasteiger charge is 2.36. The Balaban J connectivity index is 1.45. The van der Waals surface area contributed by atoms with E-state index in [-0.39, 0.29) is 22.3 Å². The Hall–Kier alpha value is -4.26. The lowest BCUT2D eigenvalue weighted by atomic mass is 10.0. The zero-order chi connectivity index (χ0) is 28.8. The van der Waals surface area contributed by atoms with Crippen molar-refractivity contribution < 1.29 is 23.9 Å². The van der Waals surface area contributed by atoms with Crippen LogP contribution in [0.15, 0.2) is 65.6 Å². The van der Waals surface area contributed by atoms with Gasteiger partial charge in [-0.05, 0) is 65.2 Å². The SMILES string of the molecule is COc1cc(/C=C2\SC(=O)N(CC(=O)Nc3ccc(C(C)C)cc3)C2=O)cc(Cl)c1OCc1ccccc1C#N. The van der Waals surface area contributed by atoms with E-state index in [9.17, 15) is 19.6 Å². The summed E-state index contributed by atoms with van der Waals surface area (Å²) in [6.45, 7) is 3.84. The summed E-state index contributed by atoms with van der Waals surface area (Å²) < 4.78 is 11.3. The van der Waals surface area contributed by atoms with Gasteiger partial charge in [0, 0.05) is 11.3 Å². The molecule has 0 saturated carbocycles. The number of benzene rings is 3. The molecule has 1 fully saturated rings. The Kier molecular flexibility index (Phi) is 9.15. The van der Waals surface area contributed by atoms with E-state index in [0.717, 1.165) is 22.2 Å². The van der Waals surface area contributed by atoms with Gasteiger partial charge in [0.25, 0.3) is 11.1 Å². The molecule has 10 heteroatoms. The van der Waals surface area contributed by atoms with Crippen LogP contribution >= 0.6 is 23.4 Å². The summed E-state index contributed by atoms with van der Waals surface area (Å²) in [6, 6.07) is 19.8. The Morgan fingerprint density at radius 3 is 2.55 bits per heavy atom. The normalized spacial score (nSPS) is 14.0. The minimum absolute atomic E-state index is 0.0992. The fourth-order valence-corrected chi connectivity index (χ4v) is 5.06. The Morgan fingerprint density at radius 1 is 1.15 bits per heavy atom. The van der Waals surface area contributed by atoms with E-state index in [1.165, 1.54) is 13.2 Å². The molecule has 40 heavy (non-hydrogen) atoms. The second-order valence-corrected chi connectivity index (χ2v) is 10.6. The van der Waals surface area contributed by atoms with E-state index in [0.29, 0.717) is 34.0 Å². The number of nitriles is 1. The van der Waals surface area contributed by atoms with E-state index < -0.39 is 23.6 Å². The van der Waals surface area contributed by atoms with Crippen molar-refractivity contribution in [3.63, 3.8) is 0 Å². The summed E-state index contributed by atoms with van der Waals surface area (Å²) in [5.74, 6) is -0.110. The van der Waals surface area contributed by atoms with Gasteiger partial charge >= 0.3 is 0 Å². The van der Waals surface area contributed by atoms with Crippen molar-refractivity contribution in [3.8, 4) is 17.6 Å². The number of nitrogens with one attached hydrogen (secondary N) is 1. The van der Waals surface area contributed by atoms with Crippen molar-refractivity contribution in [2.75, 3.05) is 19.0 Å². The number of anilines is 1. The first-order valence-electron chi connectivity index (χ1n) is 12.3.